The quantitative estimate of drug-likeness (QED) is 0.801. The molecule has 22 heavy (non-hydrogen) atoms. The van der Waals surface area contributed by atoms with Crippen molar-refractivity contribution in [3.63, 3.8) is 0 Å². The number of hydrogen-bond acceptors (Lipinski definition) is 4. The van der Waals surface area contributed by atoms with E-state index in [1.165, 1.54) is 16.8 Å². The fourth-order valence-corrected chi connectivity index (χ4v) is 2.20. The second kappa shape index (κ2) is 8.08. The van der Waals surface area contributed by atoms with Crippen LogP contribution in [0.2, 0.25) is 0 Å². The highest BCUT2D eigenvalue weighted by atomic mass is 16.3. The minimum Gasteiger partial charge on any atom is -0.394 e. The zero-order valence-electron chi connectivity index (χ0n) is 13.9. The largest absolute Gasteiger partial charge is 0.394 e. The number of amides is 1. The Kier molecular flexibility index (Phi) is 6.74. The molecule has 0 fully saturated rings. The molecule has 0 aliphatic rings. The molecule has 6 nitrogen and oxygen atoms in total. The molecule has 1 aromatic heterocycles. The van der Waals surface area contributed by atoms with E-state index in [1.54, 1.807) is 0 Å². The Hall–Kier alpha value is -1.69. The first-order chi connectivity index (χ1) is 10.3. The van der Waals surface area contributed by atoms with Crippen LogP contribution in [0.1, 0.15) is 57.4 Å². The maximum Gasteiger partial charge on any atom is 0.272 e. The maximum atomic E-state index is 12.2. The summed E-state index contributed by atoms with van der Waals surface area (Å²) in [6.45, 7) is 8.54. The predicted octanol–water partition coefficient (Wildman–Crippen LogP) is 1.57. The molecule has 0 radical (unpaired) electrons. The summed E-state index contributed by atoms with van der Waals surface area (Å²) in [4.78, 5) is 23.9. The first-order valence-electron chi connectivity index (χ1n) is 7.76. The summed E-state index contributed by atoms with van der Waals surface area (Å²) in [6, 6.07) is 2.45. The number of carbonyl (C=O) groups excluding carboxylic acids is 1. The van der Waals surface area contributed by atoms with Gasteiger partial charge in [-0.1, -0.05) is 34.1 Å². The molecule has 0 aromatic carbocycles. The predicted molar refractivity (Wildman–Crippen MR) is 85.8 cm³/mol. The van der Waals surface area contributed by atoms with Crippen LogP contribution < -0.4 is 10.9 Å². The van der Waals surface area contributed by atoms with Gasteiger partial charge in [0.25, 0.3) is 11.5 Å². The minimum absolute atomic E-state index is 0.00594. The van der Waals surface area contributed by atoms with E-state index >= 15 is 0 Å². The van der Waals surface area contributed by atoms with Crippen molar-refractivity contribution in [1.82, 2.24) is 15.1 Å². The van der Waals surface area contributed by atoms with Crippen LogP contribution in [0.4, 0.5) is 0 Å². The van der Waals surface area contributed by atoms with Gasteiger partial charge in [-0.25, -0.2) is 4.68 Å². The van der Waals surface area contributed by atoms with Gasteiger partial charge in [-0.2, -0.15) is 5.10 Å². The molecule has 124 valence electrons. The summed E-state index contributed by atoms with van der Waals surface area (Å²) in [5.41, 5.74) is -0.0185. The van der Waals surface area contributed by atoms with Gasteiger partial charge >= 0.3 is 0 Å². The molecule has 0 aliphatic carbocycles. The van der Waals surface area contributed by atoms with Crippen molar-refractivity contribution in [1.29, 1.82) is 0 Å². The molecule has 1 heterocycles. The summed E-state index contributed by atoms with van der Waals surface area (Å²) < 4.78 is 1.32. The molecule has 2 N–H and O–H groups in total. The highest BCUT2D eigenvalue weighted by Gasteiger charge is 2.21. The molecule has 0 bridgehead atoms. The lowest BCUT2D eigenvalue weighted by molar-refractivity contribution is 0.0890. The van der Waals surface area contributed by atoms with E-state index in [0.717, 1.165) is 12.8 Å². The van der Waals surface area contributed by atoms with E-state index in [1.807, 2.05) is 27.7 Å². The first kappa shape index (κ1) is 18.4. The molecule has 1 amide bonds. The molecule has 1 rings (SSSR count). The van der Waals surface area contributed by atoms with Crippen molar-refractivity contribution in [3.05, 3.63) is 28.2 Å². The normalized spacial score (nSPS) is 13.0. The molecular weight excluding hydrogens is 282 g/mol. The third kappa shape index (κ3) is 5.97. The van der Waals surface area contributed by atoms with Gasteiger partial charge in [-0.3, -0.25) is 9.59 Å². The number of nitrogens with zero attached hydrogens (tertiary/aromatic N) is 2. The van der Waals surface area contributed by atoms with Crippen LogP contribution >= 0.6 is 0 Å². The molecule has 0 saturated heterocycles. The lowest BCUT2D eigenvalue weighted by Crippen LogP contribution is -2.41. The van der Waals surface area contributed by atoms with Crippen molar-refractivity contribution in [2.45, 2.75) is 59.5 Å². The Bertz CT molecular complexity index is 546. The summed E-state index contributed by atoms with van der Waals surface area (Å²) in [5.74, 6) is -0.367. The van der Waals surface area contributed by atoms with E-state index in [2.05, 4.69) is 10.4 Å². The van der Waals surface area contributed by atoms with Gasteiger partial charge in [-0.05, 0) is 24.3 Å². The summed E-state index contributed by atoms with van der Waals surface area (Å²) >= 11 is 0. The number of aromatic nitrogens is 2. The van der Waals surface area contributed by atoms with Crippen LogP contribution in [0.15, 0.2) is 16.9 Å². The van der Waals surface area contributed by atoms with Crippen molar-refractivity contribution in [3.8, 4) is 0 Å². The minimum atomic E-state index is -0.367. The van der Waals surface area contributed by atoms with Gasteiger partial charge in [0.05, 0.1) is 12.6 Å². The lowest BCUT2D eigenvalue weighted by atomic mass is 9.88. The molecule has 0 aliphatic heterocycles. The zero-order chi connectivity index (χ0) is 16.8. The number of rotatable bonds is 7. The van der Waals surface area contributed by atoms with Crippen molar-refractivity contribution < 1.29 is 9.90 Å². The summed E-state index contributed by atoms with van der Waals surface area (Å²) in [6.07, 6.45) is 2.44. The fraction of sp³-hybridized carbons (Fsp3) is 0.688. The molecule has 1 unspecified atom stereocenters. The fourth-order valence-electron chi connectivity index (χ4n) is 2.20. The van der Waals surface area contributed by atoms with Gasteiger partial charge in [0.1, 0.15) is 5.69 Å². The Morgan fingerprint density at radius 3 is 2.64 bits per heavy atom. The number of aryl methyl sites for hydroxylation is 1. The number of unbranched alkanes of at least 4 members (excludes halogenated alkanes) is 1. The highest BCUT2D eigenvalue weighted by molar-refractivity contribution is 5.92. The standard InChI is InChI=1S/C16H27N3O3/c1-5-6-9-19-14(21)8-7-13(18-19)15(22)17-12(11-20)10-16(2,3)4/h7-8,12,20H,5-6,9-11H2,1-4H3,(H,17,22). The van der Waals surface area contributed by atoms with Crippen molar-refractivity contribution in [2.24, 2.45) is 5.41 Å². The SMILES string of the molecule is CCCCn1nc(C(=O)NC(CO)CC(C)(C)C)ccc1=O. The Balaban J connectivity index is 2.82. The Morgan fingerprint density at radius 1 is 1.41 bits per heavy atom. The monoisotopic (exact) mass is 309 g/mol. The second-order valence-electron chi connectivity index (χ2n) is 6.75. The van der Waals surface area contributed by atoms with E-state index in [4.69, 9.17) is 0 Å². The number of aliphatic hydroxyl groups is 1. The number of aliphatic hydroxyl groups excluding tert-OH is 1. The molecular formula is C16H27N3O3. The van der Waals surface area contributed by atoms with E-state index in [-0.39, 0.29) is 35.2 Å². The topological polar surface area (TPSA) is 84.2 Å². The Labute approximate surface area is 131 Å². The van der Waals surface area contributed by atoms with Gasteiger partial charge in [-0.15, -0.1) is 0 Å². The van der Waals surface area contributed by atoms with Gasteiger partial charge in [0, 0.05) is 12.6 Å². The van der Waals surface area contributed by atoms with Crippen LogP contribution in [-0.4, -0.2) is 33.4 Å². The number of nitrogens with one attached hydrogen (secondary N) is 1. The summed E-state index contributed by atoms with van der Waals surface area (Å²) in [7, 11) is 0. The van der Waals surface area contributed by atoms with E-state index in [9.17, 15) is 14.7 Å². The van der Waals surface area contributed by atoms with Crippen molar-refractivity contribution >= 4 is 5.91 Å². The molecule has 1 aromatic rings. The smallest absolute Gasteiger partial charge is 0.272 e. The average Bonchev–Trinajstić information content (AvgIpc) is 2.44. The highest BCUT2D eigenvalue weighted by Crippen LogP contribution is 2.20. The molecule has 1 atom stereocenters. The van der Waals surface area contributed by atoms with Crippen LogP contribution in [0.25, 0.3) is 0 Å². The number of hydrogen-bond donors (Lipinski definition) is 2. The van der Waals surface area contributed by atoms with Crippen LogP contribution in [-0.2, 0) is 6.54 Å². The average molecular weight is 309 g/mol. The van der Waals surface area contributed by atoms with Crippen LogP contribution in [0.5, 0.6) is 0 Å². The van der Waals surface area contributed by atoms with Gasteiger partial charge in [0.15, 0.2) is 0 Å². The summed E-state index contributed by atoms with van der Waals surface area (Å²) in [5, 5.41) is 16.3. The van der Waals surface area contributed by atoms with E-state index < -0.39 is 0 Å². The van der Waals surface area contributed by atoms with Crippen LogP contribution in [0, 0.1) is 5.41 Å². The van der Waals surface area contributed by atoms with E-state index in [0.29, 0.717) is 13.0 Å². The van der Waals surface area contributed by atoms with Crippen LogP contribution in [0.3, 0.4) is 0 Å². The molecule has 6 heteroatoms. The van der Waals surface area contributed by atoms with Gasteiger partial charge < -0.3 is 10.4 Å². The lowest BCUT2D eigenvalue weighted by Gasteiger charge is -2.25. The number of carbonyl (C=O) groups is 1. The second-order valence-corrected chi connectivity index (χ2v) is 6.75. The third-order valence-corrected chi connectivity index (χ3v) is 3.24. The van der Waals surface area contributed by atoms with Gasteiger partial charge in [0.2, 0.25) is 0 Å². The maximum absolute atomic E-state index is 12.2. The zero-order valence-corrected chi connectivity index (χ0v) is 13.9. The molecule has 0 saturated carbocycles. The molecule has 0 spiro atoms. The third-order valence-electron chi connectivity index (χ3n) is 3.24. The first-order valence-corrected chi connectivity index (χ1v) is 7.76. The Morgan fingerprint density at radius 2 is 2.09 bits per heavy atom. The van der Waals surface area contributed by atoms with Crippen molar-refractivity contribution in [2.75, 3.05) is 6.61 Å².